The maximum Gasteiger partial charge on any atom is 0.258 e. The molecule has 4 heteroatoms. The Morgan fingerprint density at radius 1 is 0.739 bits per heavy atom. The summed E-state index contributed by atoms with van der Waals surface area (Å²) in [6, 6.07) is 24.4. The van der Waals surface area contributed by atoms with Crippen LogP contribution in [0.4, 0.5) is 0 Å². The minimum Gasteiger partial charge on any atom is -0.338 e. The summed E-state index contributed by atoms with van der Waals surface area (Å²) in [6.07, 6.45) is 0. The third kappa shape index (κ3) is 3.76. The van der Waals surface area contributed by atoms with Gasteiger partial charge in [-0.1, -0.05) is 47.7 Å². The molecule has 0 bridgehead atoms. The van der Waals surface area contributed by atoms with E-state index in [1.165, 1.54) is 5.56 Å². The lowest BCUT2D eigenvalue weighted by molar-refractivity contribution is 0.501. The van der Waals surface area contributed by atoms with Crippen molar-refractivity contribution < 1.29 is 9.46 Å². The molecule has 0 fully saturated rings. The molecule has 3 aromatic carbocycles. The molecular formula is C19H17O2PS. The predicted octanol–water partition coefficient (Wildman–Crippen LogP) is 4.37. The van der Waals surface area contributed by atoms with Crippen LogP contribution < -0.4 is 10.6 Å². The van der Waals surface area contributed by atoms with Gasteiger partial charge in [0.15, 0.2) is 0 Å². The lowest BCUT2D eigenvalue weighted by Gasteiger charge is -2.12. The van der Waals surface area contributed by atoms with E-state index in [-0.39, 0.29) is 0 Å². The topological polar surface area (TPSA) is 37.3 Å². The fraction of sp³-hybridized carbons (Fsp3) is 0.0526. The van der Waals surface area contributed by atoms with Gasteiger partial charge in [-0.2, -0.15) is 0 Å². The lowest BCUT2D eigenvalue weighted by atomic mass is 10.2. The van der Waals surface area contributed by atoms with Gasteiger partial charge in [0.05, 0.1) is 0 Å². The Balaban J connectivity index is 1.82. The molecule has 0 radical (unpaired) electrons. The highest BCUT2D eigenvalue weighted by Crippen LogP contribution is 2.38. The quantitative estimate of drug-likeness (QED) is 0.717. The van der Waals surface area contributed by atoms with Crippen molar-refractivity contribution in [1.82, 2.24) is 0 Å². The van der Waals surface area contributed by atoms with Crippen LogP contribution in [0.25, 0.3) is 0 Å². The van der Waals surface area contributed by atoms with Crippen molar-refractivity contribution in [2.45, 2.75) is 16.7 Å². The average molecular weight is 340 g/mol. The summed E-state index contributed by atoms with van der Waals surface area (Å²) in [7, 11) is -3.52. The molecule has 0 amide bonds. The van der Waals surface area contributed by atoms with Crippen LogP contribution in [-0.2, 0) is 4.57 Å². The molecule has 0 aliphatic rings. The van der Waals surface area contributed by atoms with E-state index in [0.29, 0.717) is 10.6 Å². The highest BCUT2D eigenvalue weighted by Gasteiger charge is 2.23. The van der Waals surface area contributed by atoms with E-state index in [4.69, 9.17) is 0 Å². The molecule has 0 aromatic heterocycles. The molecule has 0 saturated carbocycles. The van der Waals surface area contributed by atoms with Crippen LogP contribution in [0.15, 0.2) is 88.7 Å². The first-order valence-electron chi connectivity index (χ1n) is 7.29. The zero-order chi connectivity index (χ0) is 16.3. The second kappa shape index (κ2) is 6.76. The number of hydrogen-bond donors (Lipinski definition) is 1. The van der Waals surface area contributed by atoms with E-state index < -0.39 is 7.37 Å². The average Bonchev–Trinajstić information content (AvgIpc) is 2.58. The Morgan fingerprint density at radius 3 is 1.78 bits per heavy atom. The molecule has 0 aliphatic heterocycles. The summed E-state index contributed by atoms with van der Waals surface area (Å²) in [5.41, 5.74) is 1.23. The molecule has 1 atom stereocenters. The first kappa shape index (κ1) is 16.1. The molecule has 1 unspecified atom stereocenters. The Kier molecular flexibility index (Phi) is 4.72. The zero-order valence-electron chi connectivity index (χ0n) is 12.7. The molecule has 0 saturated heterocycles. The van der Waals surface area contributed by atoms with Gasteiger partial charge >= 0.3 is 0 Å². The predicted molar refractivity (Wildman–Crippen MR) is 97.3 cm³/mol. The summed E-state index contributed by atoms with van der Waals surface area (Å²) >= 11 is 1.64. The van der Waals surface area contributed by atoms with Crippen LogP contribution >= 0.6 is 19.1 Å². The third-order valence-electron chi connectivity index (χ3n) is 3.55. The van der Waals surface area contributed by atoms with Crippen molar-refractivity contribution in [1.29, 1.82) is 0 Å². The Labute approximate surface area is 140 Å². The number of rotatable bonds is 4. The number of aryl methyl sites for hydroxylation is 1. The van der Waals surface area contributed by atoms with Crippen LogP contribution in [0, 0.1) is 6.92 Å². The van der Waals surface area contributed by atoms with Crippen LogP contribution in [0.5, 0.6) is 0 Å². The molecule has 2 nitrogen and oxygen atoms in total. The molecule has 0 heterocycles. The van der Waals surface area contributed by atoms with Gasteiger partial charge in [0.1, 0.15) is 0 Å². The summed E-state index contributed by atoms with van der Waals surface area (Å²) < 4.78 is 12.7. The van der Waals surface area contributed by atoms with Gasteiger partial charge in [-0.25, -0.2) is 0 Å². The summed E-state index contributed by atoms with van der Waals surface area (Å²) in [6.45, 7) is 2.06. The van der Waals surface area contributed by atoms with Crippen LogP contribution in [0.1, 0.15) is 5.56 Å². The van der Waals surface area contributed by atoms with Crippen molar-refractivity contribution in [3.63, 3.8) is 0 Å². The fourth-order valence-electron chi connectivity index (χ4n) is 2.24. The number of benzene rings is 3. The highest BCUT2D eigenvalue weighted by molar-refractivity contribution is 7.99. The van der Waals surface area contributed by atoms with E-state index in [1.807, 2.05) is 18.2 Å². The Morgan fingerprint density at radius 2 is 1.22 bits per heavy atom. The van der Waals surface area contributed by atoms with Gasteiger partial charge in [-0.05, 0) is 55.5 Å². The molecule has 0 aliphatic carbocycles. The third-order valence-corrected chi connectivity index (χ3v) is 6.56. The minimum absolute atomic E-state index is 0.456. The van der Waals surface area contributed by atoms with Crippen molar-refractivity contribution in [2.75, 3.05) is 0 Å². The smallest absolute Gasteiger partial charge is 0.258 e. The highest BCUT2D eigenvalue weighted by atomic mass is 32.2. The lowest BCUT2D eigenvalue weighted by Crippen LogP contribution is -2.14. The summed E-state index contributed by atoms with van der Waals surface area (Å²) in [5.74, 6) is 0. The van der Waals surface area contributed by atoms with E-state index in [0.717, 1.165) is 9.79 Å². The summed E-state index contributed by atoms with van der Waals surface area (Å²) in [5, 5.41) is 0.913. The van der Waals surface area contributed by atoms with Crippen LogP contribution in [0.2, 0.25) is 0 Å². The van der Waals surface area contributed by atoms with Gasteiger partial charge in [0.25, 0.3) is 7.37 Å². The first-order chi connectivity index (χ1) is 11.1. The molecule has 1 N–H and O–H groups in total. The fourth-order valence-corrected chi connectivity index (χ4v) is 4.48. The van der Waals surface area contributed by atoms with Gasteiger partial charge in [-0.15, -0.1) is 0 Å². The monoisotopic (exact) mass is 340 g/mol. The standard InChI is InChI=1S/C19H17O2PS/c1-15-7-11-18(12-8-15)23-19-13-9-17(10-14-19)22(20,21)16-5-3-2-4-6-16/h2-14H,1H3,(H,20,21). The molecule has 0 spiro atoms. The Bertz CT molecular complexity index is 828. The van der Waals surface area contributed by atoms with Crippen molar-refractivity contribution >= 4 is 29.7 Å². The van der Waals surface area contributed by atoms with E-state index >= 15 is 0 Å². The first-order valence-corrected chi connectivity index (χ1v) is 9.77. The van der Waals surface area contributed by atoms with Gasteiger partial charge in [0.2, 0.25) is 0 Å². The maximum absolute atomic E-state index is 12.7. The van der Waals surface area contributed by atoms with Gasteiger partial charge < -0.3 is 4.89 Å². The molecular weight excluding hydrogens is 323 g/mol. The molecule has 23 heavy (non-hydrogen) atoms. The second-order valence-corrected chi connectivity index (χ2v) is 8.65. The maximum atomic E-state index is 12.7. The van der Waals surface area contributed by atoms with Crippen molar-refractivity contribution in [2.24, 2.45) is 0 Å². The Hall–Kier alpha value is -1.80. The largest absolute Gasteiger partial charge is 0.338 e. The normalized spacial score (nSPS) is 13.5. The van der Waals surface area contributed by atoms with Crippen molar-refractivity contribution in [3.8, 4) is 0 Å². The zero-order valence-corrected chi connectivity index (χ0v) is 14.4. The van der Waals surface area contributed by atoms with E-state index in [1.54, 1.807) is 48.2 Å². The van der Waals surface area contributed by atoms with Crippen LogP contribution in [0.3, 0.4) is 0 Å². The SMILES string of the molecule is Cc1ccc(Sc2ccc(P(=O)(O)c3ccccc3)cc2)cc1. The van der Waals surface area contributed by atoms with Crippen LogP contribution in [-0.4, -0.2) is 4.89 Å². The summed E-state index contributed by atoms with van der Waals surface area (Å²) in [4.78, 5) is 12.6. The van der Waals surface area contributed by atoms with Crippen molar-refractivity contribution in [3.05, 3.63) is 84.4 Å². The molecule has 116 valence electrons. The van der Waals surface area contributed by atoms with Gasteiger partial charge in [-0.3, -0.25) is 4.57 Å². The number of hydrogen-bond acceptors (Lipinski definition) is 2. The molecule has 3 rings (SSSR count). The van der Waals surface area contributed by atoms with E-state index in [2.05, 4.69) is 31.2 Å². The van der Waals surface area contributed by atoms with E-state index in [9.17, 15) is 9.46 Å². The molecule has 3 aromatic rings. The second-order valence-electron chi connectivity index (χ2n) is 5.32. The minimum atomic E-state index is -3.52. The van der Waals surface area contributed by atoms with Gasteiger partial charge in [0, 0.05) is 20.4 Å².